The van der Waals surface area contributed by atoms with Crippen molar-refractivity contribution in [3.05, 3.63) is 88.7 Å². The van der Waals surface area contributed by atoms with Crippen LogP contribution in [0.5, 0.6) is 0 Å². The highest BCUT2D eigenvalue weighted by Crippen LogP contribution is 2.20. The Bertz CT molecular complexity index is 1140. The maximum atomic E-state index is 12.7. The highest BCUT2D eigenvalue weighted by Gasteiger charge is 2.26. The number of aromatic nitrogens is 1. The number of hydrogen-bond donors (Lipinski definition) is 0. The van der Waals surface area contributed by atoms with Crippen LogP contribution in [0.2, 0.25) is 0 Å². The number of pyridine rings is 1. The third-order valence-corrected chi connectivity index (χ3v) is 6.41. The second-order valence-corrected chi connectivity index (χ2v) is 8.84. The van der Waals surface area contributed by atoms with Crippen molar-refractivity contribution in [2.45, 2.75) is 12.8 Å². The molecule has 0 N–H and O–H groups in total. The Balaban J connectivity index is 1.26. The summed E-state index contributed by atoms with van der Waals surface area (Å²) in [5.74, 6) is -0.346. The summed E-state index contributed by atoms with van der Waals surface area (Å²) < 4.78 is 0.757. The normalized spacial score (nSPS) is 13.6. The van der Waals surface area contributed by atoms with Crippen molar-refractivity contribution < 1.29 is 14.4 Å². The predicted octanol–water partition coefficient (Wildman–Crippen LogP) is 4.00. The van der Waals surface area contributed by atoms with E-state index in [2.05, 4.69) is 20.9 Å². The van der Waals surface area contributed by atoms with Gasteiger partial charge in [0.1, 0.15) is 5.78 Å². The molecule has 1 aromatic heterocycles. The van der Waals surface area contributed by atoms with Crippen LogP contribution >= 0.6 is 15.9 Å². The Hall–Kier alpha value is -3.32. The number of carbonyl (C=O) groups is 3. The van der Waals surface area contributed by atoms with Gasteiger partial charge < -0.3 is 9.80 Å². The van der Waals surface area contributed by atoms with Gasteiger partial charge in [-0.15, -0.1) is 0 Å². The van der Waals surface area contributed by atoms with Crippen LogP contribution in [-0.4, -0.2) is 58.6 Å². The summed E-state index contributed by atoms with van der Waals surface area (Å²) in [5.41, 5.74) is 3.54. The van der Waals surface area contributed by atoms with Gasteiger partial charge in [0, 0.05) is 49.5 Å². The number of halogens is 1. The number of nitrogens with zero attached hydrogens (tertiary/aromatic N) is 3. The minimum absolute atomic E-state index is 0.0552. The van der Waals surface area contributed by atoms with E-state index in [1.807, 2.05) is 54.6 Å². The Kier molecular flexibility index (Phi) is 7.29. The minimum Gasteiger partial charge on any atom is -0.339 e. The van der Waals surface area contributed by atoms with Gasteiger partial charge in [-0.25, -0.2) is 0 Å². The van der Waals surface area contributed by atoms with E-state index in [1.165, 1.54) is 0 Å². The van der Waals surface area contributed by atoms with Crippen molar-refractivity contribution >= 4 is 33.5 Å². The average molecular weight is 506 g/mol. The molecule has 33 heavy (non-hydrogen) atoms. The Labute approximate surface area is 201 Å². The molecule has 0 unspecified atom stereocenters. The first-order valence-electron chi connectivity index (χ1n) is 10.8. The molecule has 0 aliphatic carbocycles. The Morgan fingerprint density at radius 2 is 1.52 bits per heavy atom. The predicted molar refractivity (Wildman–Crippen MR) is 130 cm³/mol. The Morgan fingerprint density at radius 1 is 0.818 bits per heavy atom. The number of benzene rings is 2. The number of amides is 2. The highest BCUT2D eigenvalue weighted by atomic mass is 79.9. The summed E-state index contributed by atoms with van der Waals surface area (Å²) in [4.78, 5) is 45.4. The first-order valence-corrected chi connectivity index (χ1v) is 11.6. The lowest BCUT2D eigenvalue weighted by atomic mass is 10.0. The van der Waals surface area contributed by atoms with Crippen molar-refractivity contribution in [2.24, 2.45) is 0 Å². The van der Waals surface area contributed by atoms with Crippen molar-refractivity contribution in [1.82, 2.24) is 14.8 Å². The zero-order chi connectivity index (χ0) is 23.2. The molecule has 168 valence electrons. The fourth-order valence-electron chi connectivity index (χ4n) is 3.88. The molecule has 0 radical (unpaired) electrons. The number of ketones is 1. The van der Waals surface area contributed by atoms with E-state index in [9.17, 15) is 14.4 Å². The van der Waals surface area contributed by atoms with Gasteiger partial charge in [-0.1, -0.05) is 42.5 Å². The molecule has 1 aliphatic rings. The summed E-state index contributed by atoms with van der Waals surface area (Å²) in [6, 6.07) is 18.9. The SMILES string of the molecule is O=C(CC(=O)N1CCN(C(=O)c2ccccc2Br)CC1)Cc1ccc(-c2cccnc2)cc1. The van der Waals surface area contributed by atoms with E-state index in [0.717, 1.165) is 21.2 Å². The van der Waals surface area contributed by atoms with Gasteiger partial charge in [-0.05, 0) is 50.8 Å². The fraction of sp³-hybridized carbons (Fsp3) is 0.231. The molecule has 2 aromatic carbocycles. The summed E-state index contributed by atoms with van der Waals surface area (Å²) in [5, 5.41) is 0. The highest BCUT2D eigenvalue weighted by molar-refractivity contribution is 9.10. The molecule has 0 bridgehead atoms. The van der Waals surface area contributed by atoms with Crippen molar-refractivity contribution in [3.63, 3.8) is 0 Å². The van der Waals surface area contributed by atoms with E-state index < -0.39 is 0 Å². The smallest absolute Gasteiger partial charge is 0.255 e. The van der Waals surface area contributed by atoms with E-state index >= 15 is 0 Å². The molecule has 0 atom stereocenters. The maximum Gasteiger partial charge on any atom is 0.255 e. The summed E-state index contributed by atoms with van der Waals surface area (Å²) in [6.07, 6.45) is 3.63. The molecule has 0 saturated carbocycles. The molecular formula is C26H24BrN3O3. The van der Waals surface area contributed by atoms with Crippen LogP contribution in [0.1, 0.15) is 22.3 Å². The van der Waals surface area contributed by atoms with Gasteiger partial charge in [-0.2, -0.15) is 0 Å². The third kappa shape index (κ3) is 5.73. The number of Topliss-reactive ketones (excluding diaryl/α,β-unsaturated/α-hetero) is 1. The number of rotatable bonds is 6. The van der Waals surface area contributed by atoms with Gasteiger partial charge in [0.15, 0.2) is 0 Å². The quantitative estimate of drug-likeness (QED) is 0.474. The van der Waals surface area contributed by atoms with Crippen LogP contribution in [0.25, 0.3) is 11.1 Å². The number of piperazine rings is 1. The van der Waals surface area contributed by atoms with Crippen molar-refractivity contribution in [2.75, 3.05) is 26.2 Å². The topological polar surface area (TPSA) is 70.6 Å². The maximum absolute atomic E-state index is 12.7. The van der Waals surface area contributed by atoms with Crippen LogP contribution in [0.4, 0.5) is 0 Å². The molecule has 3 aromatic rings. The van der Waals surface area contributed by atoms with Crippen molar-refractivity contribution in [1.29, 1.82) is 0 Å². The molecule has 1 saturated heterocycles. The lowest BCUT2D eigenvalue weighted by Gasteiger charge is -2.35. The number of carbonyl (C=O) groups excluding carboxylic acids is 3. The van der Waals surface area contributed by atoms with Gasteiger partial charge in [-0.3, -0.25) is 19.4 Å². The molecule has 4 rings (SSSR count). The fourth-order valence-corrected chi connectivity index (χ4v) is 4.34. The molecule has 7 heteroatoms. The Morgan fingerprint density at radius 3 is 2.18 bits per heavy atom. The molecule has 1 fully saturated rings. The van der Waals surface area contributed by atoms with Crippen LogP contribution in [0, 0.1) is 0 Å². The van der Waals surface area contributed by atoms with Gasteiger partial charge in [0.2, 0.25) is 5.91 Å². The van der Waals surface area contributed by atoms with Crippen LogP contribution in [-0.2, 0) is 16.0 Å². The first kappa shape index (κ1) is 22.9. The first-order chi connectivity index (χ1) is 16.0. The molecule has 2 amide bonds. The van der Waals surface area contributed by atoms with Gasteiger partial charge in [0.05, 0.1) is 12.0 Å². The molecule has 6 nitrogen and oxygen atoms in total. The van der Waals surface area contributed by atoms with Crippen molar-refractivity contribution in [3.8, 4) is 11.1 Å². The zero-order valence-corrected chi connectivity index (χ0v) is 19.7. The lowest BCUT2D eigenvalue weighted by molar-refractivity contribution is -0.136. The molecule has 0 spiro atoms. The summed E-state index contributed by atoms with van der Waals surface area (Å²) >= 11 is 3.42. The van der Waals surface area contributed by atoms with Crippen LogP contribution in [0.15, 0.2) is 77.5 Å². The van der Waals surface area contributed by atoms with E-state index in [1.54, 1.807) is 28.3 Å². The summed E-state index contributed by atoms with van der Waals surface area (Å²) in [6.45, 7) is 1.77. The van der Waals surface area contributed by atoms with E-state index in [0.29, 0.717) is 31.7 Å². The second kappa shape index (κ2) is 10.5. The van der Waals surface area contributed by atoms with E-state index in [4.69, 9.17) is 0 Å². The van der Waals surface area contributed by atoms with Crippen LogP contribution < -0.4 is 0 Å². The average Bonchev–Trinajstić information content (AvgIpc) is 2.85. The third-order valence-electron chi connectivity index (χ3n) is 5.72. The zero-order valence-electron chi connectivity index (χ0n) is 18.1. The standard InChI is InChI=1S/C26H24BrN3O3/c27-24-6-2-1-5-23(24)26(33)30-14-12-29(13-15-30)25(32)17-22(31)16-19-7-9-20(10-8-19)21-4-3-11-28-18-21/h1-11,18H,12-17H2. The monoisotopic (exact) mass is 505 g/mol. The molecular weight excluding hydrogens is 482 g/mol. The number of hydrogen-bond acceptors (Lipinski definition) is 4. The lowest BCUT2D eigenvalue weighted by Crippen LogP contribution is -2.51. The van der Waals surface area contributed by atoms with Gasteiger partial charge >= 0.3 is 0 Å². The van der Waals surface area contributed by atoms with Gasteiger partial charge in [0.25, 0.3) is 5.91 Å². The minimum atomic E-state index is -0.181. The van der Waals surface area contributed by atoms with E-state index in [-0.39, 0.29) is 30.4 Å². The summed E-state index contributed by atoms with van der Waals surface area (Å²) in [7, 11) is 0. The second-order valence-electron chi connectivity index (χ2n) is 7.98. The molecule has 1 aliphatic heterocycles. The van der Waals surface area contributed by atoms with Crippen LogP contribution in [0.3, 0.4) is 0 Å². The molecule has 2 heterocycles. The largest absolute Gasteiger partial charge is 0.339 e.